The van der Waals surface area contributed by atoms with Crippen LogP contribution in [-0.4, -0.2) is 65.6 Å². The van der Waals surface area contributed by atoms with Crippen molar-refractivity contribution in [2.75, 3.05) is 26.3 Å². The Balaban J connectivity index is 2.10. The minimum absolute atomic E-state index is 0.121. The van der Waals surface area contributed by atoms with Gasteiger partial charge in [-0.1, -0.05) is 33.6 Å². The first-order chi connectivity index (χ1) is 12.1. The third kappa shape index (κ3) is 5.12. The predicted octanol–water partition coefficient (Wildman–Crippen LogP) is 2.62. The van der Waals surface area contributed by atoms with E-state index in [2.05, 4.69) is 28.7 Å². The minimum atomic E-state index is -0.410. The van der Waals surface area contributed by atoms with Crippen molar-refractivity contribution in [2.45, 2.75) is 52.7 Å². The lowest BCUT2D eigenvalue weighted by molar-refractivity contribution is -0.0437. The zero-order chi connectivity index (χ0) is 18.2. The van der Waals surface area contributed by atoms with Crippen LogP contribution in [0.2, 0.25) is 0 Å². The molecule has 0 aromatic rings. The summed E-state index contributed by atoms with van der Waals surface area (Å²) in [6, 6.07) is -0.394. The molecule has 0 fully saturated rings. The summed E-state index contributed by atoms with van der Waals surface area (Å²) in [6.07, 6.45) is 7.56. The lowest BCUT2D eigenvalue weighted by atomic mass is 10.1. The number of fused-ring (bicyclic) bond motifs is 1. The smallest absolute Gasteiger partial charge is 0.351 e. The van der Waals surface area contributed by atoms with E-state index < -0.39 is 12.3 Å². The Hall–Kier alpha value is -1.73. The van der Waals surface area contributed by atoms with Crippen LogP contribution in [0, 0.1) is 5.92 Å². The minimum Gasteiger partial charge on any atom is -0.392 e. The van der Waals surface area contributed by atoms with Gasteiger partial charge in [0.05, 0.1) is 25.5 Å². The molecule has 2 aliphatic heterocycles. The molecule has 0 aromatic carbocycles. The van der Waals surface area contributed by atoms with Gasteiger partial charge in [0, 0.05) is 19.3 Å². The van der Waals surface area contributed by atoms with Gasteiger partial charge in [-0.15, -0.1) is 0 Å². The largest absolute Gasteiger partial charge is 0.392 e. The second-order valence-corrected chi connectivity index (χ2v) is 6.58. The first-order valence-electron chi connectivity index (χ1n) is 9.21. The number of amides is 2. The van der Waals surface area contributed by atoms with Crippen LogP contribution in [0.5, 0.6) is 0 Å². The van der Waals surface area contributed by atoms with Crippen LogP contribution in [0.25, 0.3) is 0 Å². The van der Waals surface area contributed by atoms with E-state index in [1.807, 2.05) is 13.3 Å². The van der Waals surface area contributed by atoms with Gasteiger partial charge in [-0.2, -0.15) is 4.99 Å². The Labute approximate surface area is 150 Å². The highest BCUT2D eigenvalue weighted by Gasteiger charge is 2.38. The molecule has 0 aliphatic carbocycles. The van der Waals surface area contributed by atoms with Crippen LogP contribution in [0.15, 0.2) is 21.8 Å². The van der Waals surface area contributed by atoms with Crippen molar-refractivity contribution in [3.8, 4) is 0 Å². The highest BCUT2D eigenvalue weighted by atomic mass is 16.5. The summed E-state index contributed by atoms with van der Waals surface area (Å²) in [4.78, 5) is 24.6. The number of amidine groups is 1. The highest BCUT2D eigenvalue weighted by Crippen LogP contribution is 2.26. The van der Waals surface area contributed by atoms with Crippen LogP contribution in [-0.2, 0) is 4.74 Å². The van der Waals surface area contributed by atoms with E-state index in [1.54, 1.807) is 6.20 Å². The summed E-state index contributed by atoms with van der Waals surface area (Å²) in [5.74, 6) is 0.384. The monoisotopic (exact) mass is 350 g/mol. The predicted molar refractivity (Wildman–Crippen MR) is 98.6 cm³/mol. The molecule has 7 nitrogen and oxygen atoms in total. The Morgan fingerprint density at radius 2 is 2.08 bits per heavy atom. The molecule has 2 aliphatic rings. The number of rotatable bonds is 8. The number of ether oxygens (including phenoxy) is 1. The van der Waals surface area contributed by atoms with Crippen LogP contribution in [0.1, 0.15) is 46.5 Å². The SMILES string of the molecule is CCCCN(C=NC1=NC(=O)N2C=C(CO)COC2C1C)CCCC. The van der Waals surface area contributed by atoms with E-state index in [-0.39, 0.29) is 12.5 Å². The lowest BCUT2D eigenvalue weighted by Gasteiger charge is -2.38. The van der Waals surface area contributed by atoms with Crippen molar-refractivity contribution in [2.24, 2.45) is 15.9 Å². The van der Waals surface area contributed by atoms with Crippen LogP contribution < -0.4 is 0 Å². The highest BCUT2D eigenvalue weighted by molar-refractivity contribution is 6.01. The van der Waals surface area contributed by atoms with E-state index >= 15 is 0 Å². The van der Waals surface area contributed by atoms with E-state index in [4.69, 9.17) is 4.74 Å². The fraction of sp³-hybridized carbons (Fsp3) is 0.722. The summed E-state index contributed by atoms with van der Waals surface area (Å²) in [6.45, 7) is 8.43. The van der Waals surface area contributed by atoms with Crippen molar-refractivity contribution in [1.29, 1.82) is 0 Å². The standard InChI is InChI=1S/C18H30N4O3/c1-4-6-8-21(9-7-5-2)13-19-16-14(3)17-22(18(24)20-16)10-15(11-23)12-25-17/h10,13-14,17,23H,4-9,11-12H2,1-3H3. The molecule has 2 rings (SSSR count). The molecule has 0 aromatic heterocycles. The Morgan fingerprint density at radius 3 is 2.68 bits per heavy atom. The summed E-state index contributed by atoms with van der Waals surface area (Å²) in [5, 5.41) is 9.22. The van der Waals surface area contributed by atoms with Gasteiger partial charge in [0.25, 0.3) is 0 Å². The number of carbonyl (C=O) groups is 1. The fourth-order valence-corrected chi connectivity index (χ4v) is 2.84. The second kappa shape index (κ2) is 9.68. The maximum Gasteiger partial charge on any atom is 0.351 e. The number of aliphatic hydroxyl groups is 1. The molecule has 0 spiro atoms. The van der Waals surface area contributed by atoms with Crippen LogP contribution >= 0.6 is 0 Å². The summed E-state index contributed by atoms with van der Waals surface area (Å²) in [5.41, 5.74) is 0.671. The van der Waals surface area contributed by atoms with Crippen molar-refractivity contribution in [3.63, 3.8) is 0 Å². The number of unbranched alkanes of at least 4 members (excludes halogenated alkanes) is 2. The van der Waals surface area contributed by atoms with E-state index in [0.29, 0.717) is 18.0 Å². The molecule has 2 heterocycles. The topological polar surface area (TPSA) is 77.7 Å². The Kier molecular flexibility index (Phi) is 7.58. The normalized spacial score (nSPS) is 23.5. The average Bonchev–Trinajstić information content (AvgIpc) is 2.64. The zero-order valence-corrected chi connectivity index (χ0v) is 15.5. The molecule has 0 saturated carbocycles. The number of nitrogens with zero attached hydrogens (tertiary/aromatic N) is 4. The van der Waals surface area contributed by atoms with E-state index in [0.717, 1.165) is 38.8 Å². The first kappa shape index (κ1) is 19.6. The van der Waals surface area contributed by atoms with Gasteiger partial charge in [-0.25, -0.2) is 9.79 Å². The molecule has 2 unspecified atom stereocenters. The van der Waals surface area contributed by atoms with E-state index in [1.165, 1.54) is 4.90 Å². The molecule has 2 amide bonds. The third-order valence-electron chi connectivity index (χ3n) is 4.46. The van der Waals surface area contributed by atoms with Crippen LogP contribution in [0.3, 0.4) is 0 Å². The molecule has 2 atom stereocenters. The fourth-order valence-electron chi connectivity index (χ4n) is 2.84. The number of aliphatic imine (C=N–C) groups is 2. The van der Waals surface area contributed by atoms with Crippen molar-refractivity contribution < 1.29 is 14.6 Å². The van der Waals surface area contributed by atoms with Crippen LogP contribution in [0.4, 0.5) is 4.79 Å². The number of urea groups is 1. The molecular weight excluding hydrogens is 320 g/mol. The molecular formula is C18H30N4O3. The van der Waals surface area contributed by atoms with Gasteiger partial charge in [0.15, 0.2) is 0 Å². The lowest BCUT2D eigenvalue weighted by Crippen LogP contribution is -2.50. The van der Waals surface area contributed by atoms with Gasteiger partial charge in [0.1, 0.15) is 12.1 Å². The molecule has 0 radical (unpaired) electrons. The Morgan fingerprint density at radius 1 is 1.40 bits per heavy atom. The number of hydrogen-bond acceptors (Lipinski definition) is 4. The number of aliphatic hydroxyl groups excluding tert-OH is 1. The Bertz CT molecular complexity index is 536. The molecule has 25 heavy (non-hydrogen) atoms. The molecule has 140 valence electrons. The second-order valence-electron chi connectivity index (χ2n) is 6.58. The summed E-state index contributed by atoms with van der Waals surface area (Å²) in [7, 11) is 0. The first-order valence-corrected chi connectivity index (χ1v) is 9.21. The third-order valence-corrected chi connectivity index (χ3v) is 4.46. The van der Waals surface area contributed by atoms with Crippen molar-refractivity contribution in [1.82, 2.24) is 9.80 Å². The van der Waals surface area contributed by atoms with Crippen molar-refractivity contribution in [3.05, 3.63) is 11.8 Å². The van der Waals surface area contributed by atoms with Crippen molar-refractivity contribution >= 4 is 18.2 Å². The van der Waals surface area contributed by atoms with Gasteiger partial charge < -0.3 is 14.7 Å². The molecule has 0 bridgehead atoms. The summed E-state index contributed by atoms with van der Waals surface area (Å²) < 4.78 is 5.74. The van der Waals surface area contributed by atoms with Gasteiger partial charge in [-0.05, 0) is 18.4 Å². The molecule has 0 saturated heterocycles. The van der Waals surface area contributed by atoms with E-state index in [9.17, 15) is 9.90 Å². The van der Waals surface area contributed by atoms with Gasteiger partial charge in [0.2, 0.25) is 0 Å². The molecule has 7 heteroatoms. The number of hydrogen-bond donors (Lipinski definition) is 1. The zero-order valence-electron chi connectivity index (χ0n) is 15.5. The maximum absolute atomic E-state index is 12.3. The molecule has 1 N–H and O–H groups in total. The summed E-state index contributed by atoms with van der Waals surface area (Å²) >= 11 is 0. The number of carbonyl (C=O) groups excluding carboxylic acids is 1. The average molecular weight is 350 g/mol. The maximum atomic E-state index is 12.3. The quantitative estimate of drug-likeness (QED) is 0.539. The van der Waals surface area contributed by atoms with Gasteiger partial charge >= 0.3 is 6.03 Å². The van der Waals surface area contributed by atoms with Gasteiger partial charge in [-0.3, -0.25) is 4.90 Å².